The zero-order valence-corrected chi connectivity index (χ0v) is 19.6. The molecule has 4 aromatic carbocycles. The zero-order valence-electron chi connectivity index (χ0n) is 19.6. The smallest absolute Gasteiger partial charge is 0.222 e. The Balaban J connectivity index is 1.33. The molecule has 0 N–H and O–H groups in total. The van der Waals surface area contributed by atoms with Crippen LogP contribution in [0.4, 0.5) is 0 Å². The van der Waals surface area contributed by atoms with Crippen LogP contribution in [0.3, 0.4) is 0 Å². The van der Waals surface area contributed by atoms with Gasteiger partial charge in [-0.2, -0.15) is 10.2 Å². The second-order valence-corrected chi connectivity index (χ2v) is 9.03. The topological polar surface area (TPSA) is 54.1 Å². The van der Waals surface area contributed by atoms with Crippen LogP contribution in [-0.4, -0.2) is 32.8 Å². The van der Waals surface area contributed by atoms with E-state index in [2.05, 4.69) is 48.5 Å². The molecule has 1 saturated heterocycles. The third kappa shape index (κ3) is 3.50. The molecule has 0 atom stereocenters. The number of rotatable bonds is 4. The first kappa shape index (κ1) is 21.1. The van der Waals surface area contributed by atoms with E-state index in [1.165, 1.54) is 0 Å². The fraction of sp³-hybridized carbons (Fsp3) is 0.133. The first-order valence-corrected chi connectivity index (χ1v) is 12.2. The van der Waals surface area contributed by atoms with E-state index in [-0.39, 0.29) is 0 Å². The standard InChI is InChI=1S/C30H24N4O2/c1-3-14-28-22(8-1)20-33(31-28)26-12-5-10-24(18-26)30(35-16-7-17-36-30)25-11-6-13-27(19-25)34-21-23-9-2-4-15-29(23)32-34/h1-6,8-15,18-21H,7,16-17H2. The van der Waals surface area contributed by atoms with Crippen LogP contribution in [0, 0.1) is 0 Å². The fourth-order valence-electron chi connectivity index (χ4n) is 4.93. The maximum absolute atomic E-state index is 6.46. The predicted octanol–water partition coefficient (Wildman–Crippen LogP) is 6.00. The molecule has 7 rings (SSSR count). The van der Waals surface area contributed by atoms with Crippen LogP contribution >= 0.6 is 0 Å². The Hall–Kier alpha value is -4.26. The molecule has 1 fully saturated rings. The van der Waals surface area contributed by atoms with Gasteiger partial charge in [0.15, 0.2) is 0 Å². The highest BCUT2D eigenvalue weighted by Gasteiger charge is 2.39. The lowest BCUT2D eigenvalue weighted by molar-refractivity contribution is -0.249. The van der Waals surface area contributed by atoms with Crippen molar-refractivity contribution >= 4 is 21.8 Å². The first-order valence-electron chi connectivity index (χ1n) is 12.2. The number of ether oxygens (including phenoxy) is 2. The van der Waals surface area contributed by atoms with E-state index in [1.54, 1.807) is 0 Å². The molecule has 6 heteroatoms. The van der Waals surface area contributed by atoms with Gasteiger partial charge in [-0.15, -0.1) is 0 Å². The Bertz CT molecular complexity index is 1510. The van der Waals surface area contributed by atoms with E-state index >= 15 is 0 Å². The van der Waals surface area contributed by atoms with Gasteiger partial charge in [-0.1, -0.05) is 60.7 Å². The van der Waals surface area contributed by atoms with Crippen LogP contribution in [-0.2, 0) is 15.3 Å². The number of benzene rings is 4. The monoisotopic (exact) mass is 472 g/mol. The summed E-state index contributed by atoms with van der Waals surface area (Å²) in [6.45, 7) is 1.23. The molecule has 0 bridgehead atoms. The Morgan fingerprint density at radius 3 is 1.58 bits per heavy atom. The van der Waals surface area contributed by atoms with Crippen LogP contribution in [0.1, 0.15) is 17.5 Å². The van der Waals surface area contributed by atoms with Crippen molar-refractivity contribution in [3.63, 3.8) is 0 Å². The van der Waals surface area contributed by atoms with E-state index in [9.17, 15) is 0 Å². The molecule has 6 aromatic rings. The van der Waals surface area contributed by atoms with Crippen LogP contribution in [0.2, 0.25) is 0 Å². The molecule has 2 aromatic heterocycles. The van der Waals surface area contributed by atoms with Gasteiger partial charge < -0.3 is 9.47 Å². The second-order valence-electron chi connectivity index (χ2n) is 9.03. The largest absolute Gasteiger partial charge is 0.342 e. The van der Waals surface area contributed by atoms with Gasteiger partial charge >= 0.3 is 0 Å². The van der Waals surface area contributed by atoms with Gasteiger partial charge in [0.25, 0.3) is 0 Å². The first-order chi connectivity index (χ1) is 17.8. The van der Waals surface area contributed by atoms with E-state index in [0.29, 0.717) is 13.2 Å². The van der Waals surface area contributed by atoms with E-state index in [1.807, 2.05) is 70.3 Å². The highest BCUT2D eigenvalue weighted by molar-refractivity contribution is 5.79. The molecule has 0 aliphatic carbocycles. The lowest BCUT2D eigenvalue weighted by Crippen LogP contribution is -2.39. The number of hydrogen-bond acceptors (Lipinski definition) is 4. The highest BCUT2D eigenvalue weighted by atomic mass is 16.7. The van der Waals surface area contributed by atoms with Gasteiger partial charge in [-0.05, 0) is 42.8 Å². The normalized spacial score (nSPS) is 15.4. The fourth-order valence-corrected chi connectivity index (χ4v) is 4.93. The maximum Gasteiger partial charge on any atom is 0.222 e. The molecule has 3 heterocycles. The van der Waals surface area contributed by atoms with E-state index < -0.39 is 5.79 Å². The minimum atomic E-state index is -1.01. The molecular weight excluding hydrogens is 448 g/mol. The van der Waals surface area contributed by atoms with Gasteiger partial charge in [-0.3, -0.25) is 0 Å². The Morgan fingerprint density at radius 2 is 1.08 bits per heavy atom. The summed E-state index contributed by atoms with van der Waals surface area (Å²) >= 11 is 0. The Kier molecular flexibility index (Phi) is 4.94. The summed E-state index contributed by atoms with van der Waals surface area (Å²) < 4.78 is 16.7. The summed E-state index contributed by atoms with van der Waals surface area (Å²) in [5.74, 6) is -1.01. The summed E-state index contributed by atoms with van der Waals surface area (Å²) in [6.07, 6.45) is 4.95. The molecule has 0 unspecified atom stereocenters. The Labute approximate surface area is 208 Å². The van der Waals surface area contributed by atoms with Crippen molar-refractivity contribution in [1.29, 1.82) is 0 Å². The number of nitrogens with zero attached hydrogens (tertiary/aromatic N) is 4. The molecule has 0 saturated carbocycles. The van der Waals surface area contributed by atoms with Crippen molar-refractivity contribution in [2.45, 2.75) is 12.2 Å². The van der Waals surface area contributed by atoms with Gasteiger partial charge in [-0.25, -0.2) is 9.36 Å². The molecular formula is C30H24N4O2. The molecule has 0 radical (unpaired) electrons. The van der Waals surface area contributed by atoms with Crippen LogP contribution in [0.25, 0.3) is 33.2 Å². The maximum atomic E-state index is 6.46. The lowest BCUT2D eigenvalue weighted by Gasteiger charge is -2.38. The van der Waals surface area contributed by atoms with Crippen molar-refractivity contribution in [3.05, 3.63) is 121 Å². The minimum Gasteiger partial charge on any atom is -0.342 e. The van der Waals surface area contributed by atoms with E-state index in [0.717, 1.165) is 50.7 Å². The van der Waals surface area contributed by atoms with Gasteiger partial charge in [0, 0.05) is 34.3 Å². The van der Waals surface area contributed by atoms with Crippen molar-refractivity contribution in [1.82, 2.24) is 19.6 Å². The highest BCUT2D eigenvalue weighted by Crippen LogP contribution is 2.39. The molecule has 6 nitrogen and oxygen atoms in total. The van der Waals surface area contributed by atoms with Crippen molar-refractivity contribution in [3.8, 4) is 11.4 Å². The van der Waals surface area contributed by atoms with Crippen molar-refractivity contribution in [2.75, 3.05) is 13.2 Å². The lowest BCUT2D eigenvalue weighted by atomic mass is 9.95. The summed E-state index contributed by atoms with van der Waals surface area (Å²) in [5, 5.41) is 11.7. The summed E-state index contributed by atoms with van der Waals surface area (Å²) in [5.41, 5.74) is 5.69. The molecule has 1 aliphatic rings. The number of fused-ring (bicyclic) bond motifs is 2. The average molecular weight is 473 g/mol. The average Bonchev–Trinajstić information content (AvgIpc) is 3.58. The number of aromatic nitrogens is 4. The third-order valence-electron chi connectivity index (χ3n) is 6.71. The minimum absolute atomic E-state index is 0.617. The molecule has 0 amide bonds. The van der Waals surface area contributed by atoms with Crippen LogP contribution in [0.15, 0.2) is 109 Å². The van der Waals surface area contributed by atoms with Crippen molar-refractivity contribution < 1.29 is 9.47 Å². The number of hydrogen-bond donors (Lipinski definition) is 0. The van der Waals surface area contributed by atoms with Crippen molar-refractivity contribution in [2.24, 2.45) is 0 Å². The van der Waals surface area contributed by atoms with Gasteiger partial charge in [0.1, 0.15) is 0 Å². The second kappa shape index (κ2) is 8.45. The van der Waals surface area contributed by atoms with Crippen LogP contribution in [0.5, 0.6) is 0 Å². The predicted molar refractivity (Wildman–Crippen MR) is 139 cm³/mol. The summed E-state index contributed by atoms with van der Waals surface area (Å²) in [7, 11) is 0. The third-order valence-corrected chi connectivity index (χ3v) is 6.71. The van der Waals surface area contributed by atoms with Gasteiger partial charge in [0.2, 0.25) is 5.79 Å². The molecule has 36 heavy (non-hydrogen) atoms. The summed E-state index contributed by atoms with van der Waals surface area (Å²) in [6, 6.07) is 32.8. The Morgan fingerprint density at radius 1 is 0.583 bits per heavy atom. The van der Waals surface area contributed by atoms with E-state index in [4.69, 9.17) is 19.7 Å². The molecule has 176 valence electrons. The molecule has 1 aliphatic heterocycles. The van der Waals surface area contributed by atoms with Gasteiger partial charge in [0.05, 0.1) is 35.6 Å². The SMILES string of the molecule is c1cc(-n2cc3ccccc3n2)cc(C2(c3cccc(-n4cc5ccccc5n4)c3)OCCCO2)c1. The van der Waals surface area contributed by atoms with Crippen LogP contribution < -0.4 is 0 Å². The molecule has 0 spiro atoms. The quantitative estimate of drug-likeness (QED) is 0.316. The summed E-state index contributed by atoms with van der Waals surface area (Å²) in [4.78, 5) is 0. The zero-order chi connectivity index (χ0) is 24.0.